The molecule has 2 N–H and O–H groups in total. The number of methoxy groups -OCH3 is 3. The first-order valence-electron chi connectivity index (χ1n) is 3.66. The van der Waals surface area contributed by atoms with Crippen molar-refractivity contribution in [2.75, 3.05) is 21.3 Å². The zero-order chi connectivity index (χ0) is 10.5. The van der Waals surface area contributed by atoms with Gasteiger partial charge in [-0.3, -0.25) is 4.79 Å². The fourth-order valence-electron chi connectivity index (χ4n) is 1.03. The molecule has 0 aromatic carbocycles. The Labute approximate surface area is 77.4 Å². The lowest BCUT2D eigenvalue weighted by molar-refractivity contribution is -0.326. The summed E-state index contributed by atoms with van der Waals surface area (Å²) >= 11 is 0. The van der Waals surface area contributed by atoms with Crippen molar-refractivity contribution in [2.45, 2.75) is 12.9 Å². The van der Waals surface area contributed by atoms with E-state index in [4.69, 9.17) is 19.9 Å². The molecule has 0 atom stereocenters. The summed E-state index contributed by atoms with van der Waals surface area (Å²) in [7, 11) is 4.22. The highest BCUT2D eigenvalue weighted by atomic mass is 16.9. The second kappa shape index (κ2) is 4.96. The van der Waals surface area contributed by atoms with Crippen molar-refractivity contribution in [3.05, 3.63) is 11.6 Å². The molecule has 5 heteroatoms. The molecule has 0 heterocycles. The van der Waals surface area contributed by atoms with Gasteiger partial charge in [0.2, 0.25) is 5.91 Å². The van der Waals surface area contributed by atoms with Gasteiger partial charge in [0.15, 0.2) is 0 Å². The van der Waals surface area contributed by atoms with E-state index in [1.807, 2.05) is 0 Å². The van der Waals surface area contributed by atoms with Crippen LogP contribution in [-0.4, -0.2) is 33.2 Å². The van der Waals surface area contributed by atoms with Crippen LogP contribution in [0.4, 0.5) is 0 Å². The molecule has 0 unspecified atom stereocenters. The third-order valence-corrected chi connectivity index (χ3v) is 1.65. The van der Waals surface area contributed by atoms with Crippen LogP contribution < -0.4 is 5.73 Å². The lowest BCUT2D eigenvalue weighted by Gasteiger charge is -2.29. The van der Waals surface area contributed by atoms with E-state index in [9.17, 15) is 4.79 Å². The summed E-state index contributed by atoms with van der Waals surface area (Å²) in [5.74, 6) is -1.90. The zero-order valence-electron chi connectivity index (χ0n) is 8.29. The molecule has 1 amide bonds. The van der Waals surface area contributed by atoms with Crippen LogP contribution in [0.2, 0.25) is 0 Å². The third kappa shape index (κ3) is 2.80. The number of carbonyl (C=O) groups excluding carboxylic acids is 1. The van der Waals surface area contributed by atoms with Gasteiger partial charge in [0.1, 0.15) is 0 Å². The van der Waals surface area contributed by atoms with E-state index in [1.54, 1.807) is 6.92 Å². The Balaban J connectivity index is 4.83. The second-order valence-electron chi connectivity index (χ2n) is 2.40. The van der Waals surface area contributed by atoms with Crippen LogP contribution in [0.3, 0.4) is 0 Å². The Morgan fingerprint density at radius 3 is 1.85 bits per heavy atom. The minimum atomic E-state index is -1.32. The van der Waals surface area contributed by atoms with Crippen LogP contribution in [0.5, 0.6) is 0 Å². The van der Waals surface area contributed by atoms with Gasteiger partial charge in [0.25, 0.3) is 0 Å². The van der Waals surface area contributed by atoms with Crippen molar-refractivity contribution in [1.29, 1.82) is 0 Å². The molecule has 0 aromatic rings. The summed E-state index contributed by atoms with van der Waals surface area (Å²) in [4.78, 5) is 10.6. The number of amides is 1. The lowest BCUT2D eigenvalue weighted by Crippen LogP contribution is -2.37. The van der Waals surface area contributed by atoms with Crippen molar-refractivity contribution in [3.8, 4) is 0 Å². The molecule has 0 saturated carbocycles. The normalized spacial score (nSPS) is 13.1. The number of nitrogens with two attached hydrogens (primary N) is 1. The van der Waals surface area contributed by atoms with E-state index in [-0.39, 0.29) is 0 Å². The molecule has 0 bridgehead atoms. The Hall–Kier alpha value is -0.910. The Kier molecular flexibility index (Phi) is 4.61. The number of hydrogen-bond donors (Lipinski definition) is 1. The molecule has 0 aliphatic rings. The quantitative estimate of drug-likeness (QED) is 0.488. The molecule has 0 saturated heterocycles. The molecule has 0 aliphatic carbocycles. The Morgan fingerprint density at radius 1 is 1.23 bits per heavy atom. The minimum Gasteiger partial charge on any atom is -0.366 e. The number of rotatable bonds is 5. The average molecular weight is 189 g/mol. The summed E-state index contributed by atoms with van der Waals surface area (Å²) in [5, 5.41) is 0. The van der Waals surface area contributed by atoms with E-state index in [0.717, 1.165) is 0 Å². The first-order valence-corrected chi connectivity index (χ1v) is 3.66. The van der Waals surface area contributed by atoms with Gasteiger partial charge in [-0.15, -0.1) is 0 Å². The zero-order valence-corrected chi connectivity index (χ0v) is 8.29. The van der Waals surface area contributed by atoms with Crippen LogP contribution in [0.25, 0.3) is 0 Å². The van der Waals surface area contributed by atoms with Crippen LogP contribution in [0.1, 0.15) is 6.92 Å². The summed E-state index contributed by atoms with van der Waals surface area (Å²) < 4.78 is 14.9. The van der Waals surface area contributed by atoms with Gasteiger partial charge in [-0.25, -0.2) is 0 Å². The van der Waals surface area contributed by atoms with E-state index in [1.165, 1.54) is 27.4 Å². The van der Waals surface area contributed by atoms with Crippen molar-refractivity contribution < 1.29 is 19.0 Å². The number of primary amides is 1. The highest BCUT2D eigenvalue weighted by molar-refractivity contribution is 5.86. The van der Waals surface area contributed by atoms with Crippen molar-refractivity contribution in [1.82, 2.24) is 0 Å². The van der Waals surface area contributed by atoms with Gasteiger partial charge < -0.3 is 19.9 Å². The summed E-state index contributed by atoms with van der Waals surface area (Å²) in [6.07, 6.45) is 1.19. The molecular formula is C8H15NO4. The van der Waals surface area contributed by atoms with Crippen LogP contribution in [-0.2, 0) is 19.0 Å². The highest BCUT2D eigenvalue weighted by Gasteiger charge is 2.32. The predicted molar refractivity (Wildman–Crippen MR) is 46.7 cm³/mol. The monoisotopic (exact) mass is 189 g/mol. The predicted octanol–water partition coefficient (Wildman–Crippen LogP) is 0.0110. The van der Waals surface area contributed by atoms with Crippen molar-refractivity contribution in [3.63, 3.8) is 0 Å². The molecule has 0 rings (SSSR count). The SMILES string of the molecule is COC(OC)(OC)/C(C)=C/C(N)=O. The van der Waals surface area contributed by atoms with E-state index >= 15 is 0 Å². The first kappa shape index (κ1) is 12.1. The Bertz CT molecular complexity index is 200. The molecule has 0 radical (unpaired) electrons. The molecule has 5 nitrogen and oxygen atoms in total. The maximum atomic E-state index is 10.6. The smallest absolute Gasteiger partial charge is 0.307 e. The van der Waals surface area contributed by atoms with E-state index < -0.39 is 11.9 Å². The van der Waals surface area contributed by atoms with Gasteiger partial charge in [-0.2, -0.15) is 0 Å². The van der Waals surface area contributed by atoms with Crippen molar-refractivity contribution >= 4 is 5.91 Å². The van der Waals surface area contributed by atoms with Gasteiger partial charge >= 0.3 is 5.97 Å². The topological polar surface area (TPSA) is 70.8 Å². The molecule has 0 fully saturated rings. The molecule has 76 valence electrons. The fraction of sp³-hybridized carbons (Fsp3) is 0.625. The standard InChI is InChI=1S/C8H15NO4/c1-6(5-7(9)10)8(11-2,12-3)13-4/h5H,1-4H3,(H2,9,10)/b6-5+. The molecule has 0 aliphatic heterocycles. The molecule has 13 heavy (non-hydrogen) atoms. The van der Waals surface area contributed by atoms with E-state index in [2.05, 4.69) is 0 Å². The van der Waals surface area contributed by atoms with Gasteiger partial charge in [-0.1, -0.05) is 0 Å². The molecule has 0 aromatic heterocycles. The van der Waals surface area contributed by atoms with Crippen molar-refractivity contribution in [2.24, 2.45) is 5.73 Å². The van der Waals surface area contributed by atoms with Gasteiger partial charge in [0.05, 0.1) is 0 Å². The maximum Gasteiger partial charge on any atom is 0.307 e. The highest BCUT2D eigenvalue weighted by Crippen LogP contribution is 2.21. The van der Waals surface area contributed by atoms with Crippen LogP contribution in [0.15, 0.2) is 11.6 Å². The first-order chi connectivity index (χ1) is 6.02. The number of hydrogen-bond acceptors (Lipinski definition) is 4. The largest absolute Gasteiger partial charge is 0.366 e. The molecule has 0 spiro atoms. The lowest BCUT2D eigenvalue weighted by atomic mass is 10.2. The maximum absolute atomic E-state index is 10.6. The van der Waals surface area contributed by atoms with Gasteiger partial charge in [0, 0.05) is 33.0 Å². The number of carbonyl (C=O) groups is 1. The van der Waals surface area contributed by atoms with E-state index in [0.29, 0.717) is 5.57 Å². The minimum absolute atomic E-state index is 0.451. The average Bonchev–Trinajstić information content (AvgIpc) is 2.07. The summed E-state index contributed by atoms with van der Waals surface area (Å²) in [5.41, 5.74) is 5.42. The van der Waals surface area contributed by atoms with Crippen LogP contribution >= 0.6 is 0 Å². The third-order valence-electron chi connectivity index (χ3n) is 1.65. The molecular weight excluding hydrogens is 174 g/mol. The number of ether oxygens (including phenoxy) is 3. The van der Waals surface area contributed by atoms with Crippen LogP contribution in [0, 0.1) is 0 Å². The van der Waals surface area contributed by atoms with Gasteiger partial charge in [-0.05, 0) is 6.92 Å². The fourth-order valence-corrected chi connectivity index (χ4v) is 1.03. The summed E-state index contributed by atoms with van der Waals surface area (Å²) in [6.45, 7) is 1.63. The second-order valence-corrected chi connectivity index (χ2v) is 2.40. The summed E-state index contributed by atoms with van der Waals surface area (Å²) in [6, 6.07) is 0. The Morgan fingerprint density at radius 2 is 1.62 bits per heavy atom.